The van der Waals surface area contributed by atoms with E-state index in [0.29, 0.717) is 24.3 Å². The predicted molar refractivity (Wildman–Crippen MR) is 91.4 cm³/mol. The molecule has 1 aliphatic rings. The van der Waals surface area contributed by atoms with Gasteiger partial charge in [0.2, 0.25) is 0 Å². The number of phenols is 1. The number of hydrogen-bond donors (Lipinski definition) is 1. The minimum Gasteiger partial charge on any atom is -0.508 e. The molecule has 2 aromatic heterocycles. The van der Waals surface area contributed by atoms with E-state index in [1.807, 2.05) is 46.0 Å². The lowest BCUT2D eigenvalue weighted by atomic mass is 10.2. The van der Waals surface area contributed by atoms with Crippen LogP contribution in [0.2, 0.25) is 0 Å². The zero-order valence-corrected chi connectivity index (χ0v) is 13.2. The van der Waals surface area contributed by atoms with Crippen molar-refractivity contribution in [1.29, 1.82) is 0 Å². The standard InChI is InChI=1S/C18H18N4O2/c23-15-5-3-14(4-6-15)20-10-12-22(13-11-20)18(24)16-2-1-8-21-9-7-19-17(16)21/h1-9,23H,10-13H2. The Bertz CT molecular complexity index is 864. The van der Waals surface area contributed by atoms with Crippen molar-refractivity contribution >= 4 is 17.2 Å². The molecule has 6 heteroatoms. The molecular formula is C18H18N4O2. The highest BCUT2D eigenvalue weighted by Gasteiger charge is 2.24. The molecular weight excluding hydrogens is 304 g/mol. The van der Waals surface area contributed by atoms with Gasteiger partial charge in [-0.3, -0.25) is 4.79 Å². The smallest absolute Gasteiger partial charge is 0.257 e. The first kappa shape index (κ1) is 14.6. The van der Waals surface area contributed by atoms with E-state index in [1.54, 1.807) is 18.3 Å². The second-order valence-electron chi connectivity index (χ2n) is 5.88. The first-order valence-corrected chi connectivity index (χ1v) is 7.97. The van der Waals surface area contributed by atoms with Crippen LogP contribution in [0.3, 0.4) is 0 Å². The molecule has 1 aliphatic heterocycles. The third-order valence-electron chi connectivity index (χ3n) is 4.43. The highest BCUT2D eigenvalue weighted by Crippen LogP contribution is 2.21. The Balaban J connectivity index is 1.48. The van der Waals surface area contributed by atoms with Crippen molar-refractivity contribution in [1.82, 2.24) is 14.3 Å². The molecule has 6 nitrogen and oxygen atoms in total. The van der Waals surface area contributed by atoms with Gasteiger partial charge in [0.15, 0.2) is 0 Å². The maximum absolute atomic E-state index is 12.8. The van der Waals surface area contributed by atoms with Crippen LogP contribution in [0.25, 0.3) is 5.65 Å². The molecule has 0 aliphatic carbocycles. The molecule has 4 rings (SSSR count). The summed E-state index contributed by atoms with van der Waals surface area (Å²) in [6, 6.07) is 10.9. The molecule has 24 heavy (non-hydrogen) atoms. The minimum atomic E-state index is 0.0251. The lowest BCUT2D eigenvalue weighted by molar-refractivity contribution is 0.0748. The van der Waals surface area contributed by atoms with Crippen LogP contribution in [0.4, 0.5) is 5.69 Å². The normalized spacial score (nSPS) is 15.0. The lowest BCUT2D eigenvalue weighted by Crippen LogP contribution is -2.48. The van der Waals surface area contributed by atoms with E-state index in [0.717, 1.165) is 18.8 Å². The van der Waals surface area contributed by atoms with Crippen LogP contribution in [0.1, 0.15) is 10.4 Å². The molecule has 0 atom stereocenters. The lowest BCUT2D eigenvalue weighted by Gasteiger charge is -2.36. The van der Waals surface area contributed by atoms with Gasteiger partial charge in [0.25, 0.3) is 5.91 Å². The maximum Gasteiger partial charge on any atom is 0.257 e. The van der Waals surface area contributed by atoms with E-state index in [4.69, 9.17) is 0 Å². The number of nitrogens with zero attached hydrogens (tertiary/aromatic N) is 4. The van der Waals surface area contributed by atoms with Crippen LogP contribution >= 0.6 is 0 Å². The quantitative estimate of drug-likeness (QED) is 0.784. The zero-order chi connectivity index (χ0) is 16.5. The van der Waals surface area contributed by atoms with Crippen molar-refractivity contribution in [2.24, 2.45) is 0 Å². The van der Waals surface area contributed by atoms with Crippen LogP contribution < -0.4 is 4.90 Å². The number of imidazole rings is 1. The summed E-state index contributed by atoms with van der Waals surface area (Å²) in [5.74, 6) is 0.289. The number of piperazine rings is 1. The van der Waals surface area contributed by atoms with E-state index in [1.165, 1.54) is 0 Å². The number of amides is 1. The molecule has 122 valence electrons. The molecule has 0 spiro atoms. The average Bonchev–Trinajstić information content (AvgIpc) is 3.11. The second kappa shape index (κ2) is 5.88. The number of benzene rings is 1. The number of rotatable bonds is 2. The van der Waals surface area contributed by atoms with Gasteiger partial charge in [0, 0.05) is 50.5 Å². The Morgan fingerprint density at radius 3 is 2.50 bits per heavy atom. The Labute approximate surface area is 139 Å². The van der Waals surface area contributed by atoms with Crippen molar-refractivity contribution in [3.05, 3.63) is 60.6 Å². The fourth-order valence-corrected chi connectivity index (χ4v) is 3.12. The molecule has 0 radical (unpaired) electrons. The third-order valence-corrected chi connectivity index (χ3v) is 4.43. The van der Waals surface area contributed by atoms with Gasteiger partial charge < -0.3 is 19.3 Å². The van der Waals surface area contributed by atoms with Crippen molar-refractivity contribution in [2.45, 2.75) is 0 Å². The van der Waals surface area contributed by atoms with Gasteiger partial charge in [-0.1, -0.05) is 0 Å². The summed E-state index contributed by atoms with van der Waals surface area (Å²) in [6.07, 6.45) is 5.44. The van der Waals surface area contributed by atoms with Crippen molar-refractivity contribution in [3.63, 3.8) is 0 Å². The highest BCUT2D eigenvalue weighted by molar-refractivity contribution is 5.99. The zero-order valence-electron chi connectivity index (χ0n) is 13.2. The molecule has 1 amide bonds. The Morgan fingerprint density at radius 1 is 1.00 bits per heavy atom. The fourth-order valence-electron chi connectivity index (χ4n) is 3.12. The van der Waals surface area contributed by atoms with Gasteiger partial charge >= 0.3 is 0 Å². The van der Waals surface area contributed by atoms with E-state index < -0.39 is 0 Å². The largest absolute Gasteiger partial charge is 0.508 e. The average molecular weight is 322 g/mol. The molecule has 3 aromatic rings. The molecule has 0 bridgehead atoms. The Kier molecular flexibility index (Phi) is 3.57. The van der Waals surface area contributed by atoms with E-state index >= 15 is 0 Å². The van der Waals surface area contributed by atoms with Crippen molar-refractivity contribution < 1.29 is 9.90 Å². The van der Waals surface area contributed by atoms with Gasteiger partial charge in [0.1, 0.15) is 11.4 Å². The first-order chi connectivity index (χ1) is 11.7. The maximum atomic E-state index is 12.8. The van der Waals surface area contributed by atoms with Crippen LogP contribution in [-0.4, -0.2) is 51.5 Å². The Hall–Kier alpha value is -3.02. The summed E-state index contributed by atoms with van der Waals surface area (Å²) in [6.45, 7) is 2.88. The van der Waals surface area contributed by atoms with Crippen molar-refractivity contribution in [2.75, 3.05) is 31.1 Å². The van der Waals surface area contributed by atoms with E-state index in [-0.39, 0.29) is 11.7 Å². The molecule has 1 aromatic carbocycles. The van der Waals surface area contributed by atoms with E-state index in [2.05, 4.69) is 9.88 Å². The topological polar surface area (TPSA) is 61.1 Å². The van der Waals surface area contributed by atoms with Crippen LogP contribution in [-0.2, 0) is 0 Å². The predicted octanol–water partition coefficient (Wildman–Crippen LogP) is 2.00. The number of aromatic nitrogens is 2. The summed E-state index contributed by atoms with van der Waals surface area (Å²) < 4.78 is 1.86. The van der Waals surface area contributed by atoms with Gasteiger partial charge in [-0.15, -0.1) is 0 Å². The number of anilines is 1. The molecule has 1 saturated heterocycles. The molecule has 1 fully saturated rings. The molecule has 1 N–H and O–H groups in total. The summed E-state index contributed by atoms with van der Waals surface area (Å²) in [5.41, 5.74) is 2.40. The third kappa shape index (κ3) is 2.56. The number of hydrogen-bond acceptors (Lipinski definition) is 4. The van der Waals surface area contributed by atoms with Crippen LogP contribution in [0.5, 0.6) is 5.75 Å². The number of carbonyl (C=O) groups is 1. The minimum absolute atomic E-state index is 0.0251. The number of pyridine rings is 1. The van der Waals surface area contributed by atoms with Crippen LogP contribution in [0, 0.1) is 0 Å². The number of aromatic hydroxyl groups is 1. The fraction of sp³-hybridized carbons (Fsp3) is 0.222. The first-order valence-electron chi connectivity index (χ1n) is 7.97. The number of phenolic OH excluding ortho intramolecular Hbond substituents is 1. The SMILES string of the molecule is O=C(c1cccn2ccnc12)N1CCN(c2ccc(O)cc2)CC1. The molecule has 0 unspecified atom stereocenters. The van der Waals surface area contributed by atoms with E-state index in [9.17, 15) is 9.90 Å². The Morgan fingerprint density at radius 2 is 1.75 bits per heavy atom. The van der Waals surface area contributed by atoms with Gasteiger partial charge in [-0.25, -0.2) is 4.98 Å². The van der Waals surface area contributed by atoms with Gasteiger partial charge in [-0.2, -0.15) is 0 Å². The van der Waals surface area contributed by atoms with Gasteiger partial charge in [0.05, 0.1) is 5.56 Å². The molecule has 3 heterocycles. The molecule has 0 saturated carbocycles. The second-order valence-corrected chi connectivity index (χ2v) is 5.88. The van der Waals surface area contributed by atoms with Gasteiger partial charge in [-0.05, 0) is 36.4 Å². The van der Waals surface area contributed by atoms with Crippen molar-refractivity contribution in [3.8, 4) is 5.75 Å². The summed E-state index contributed by atoms with van der Waals surface area (Å²) in [5, 5.41) is 9.39. The number of carbonyl (C=O) groups excluding carboxylic acids is 1. The summed E-state index contributed by atoms with van der Waals surface area (Å²) >= 11 is 0. The number of fused-ring (bicyclic) bond motifs is 1. The monoisotopic (exact) mass is 322 g/mol. The summed E-state index contributed by atoms with van der Waals surface area (Å²) in [7, 11) is 0. The highest BCUT2D eigenvalue weighted by atomic mass is 16.3. The van der Waals surface area contributed by atoms with Crippen LogP contribution in [0.15, 0.2) is 55.0 Å². The summed E-state index contributed by atoms with van der Waals surface area (Å²) in [4.78, 5) is 21.2.